The van der Waals surface area contributed by atoms with Gasteiger partial charge in [0.15, 0.2) is 11.5 Å². The number of methoxy groups -OCH3 is 2. The molecule has 0 unspecified atom stereocenters. The lowest BCUT2D eigenvalue weighted by Crippen LogP contribution is -2.44. The zero-order valence-electron chi connectivity index (χ0n) is 28.5. The van der Waals surface area contributed by atoms with E-state index in [1.807, 2.05) is 45.9 Å². The van der Waals surface area contributed by atoms with E-state index in [0.29, 0.717) is 62.3 Å². The smallest absolute Gasteiger partial charge is 0.223 e. The maximum atomic E-state index is 13.3. The van der Waals surface area contributed by atoms with E-state index in [0.717, 1.165) is 18.4 Å². The first-order valence-electron chi connectivity index (χ1n) is 15.8. The van der Waals surface area contributed by atoms with Gasteiger partial charge in [-0.05, 0) is 54.7 Å². The average molecular weight is 656 g/mol. The molecule has 0 spiro atoms. The van der Waals surface area contributed by atoms with Crippen molar-refractivity contribution in [3.8, 4) is 11.5 Å². The molecule has 1 aromatic carbocycles. The molecule has 0 bridgehead atoms. The summed E-state index contributed by atoms with van der Waals surface area (Å²) in [5.41, 5.74) is 7.93. The summed E-state index contributed by atoms with van der Waals surface area (Å²) in [6.45, 7) is 14.4. The van der Waals surface area contributed by atoms with Gasteiger partial charge in [0.1, 0.15) is 5.69 Å². The SMILES string of the molecule is COCCCOc1cc(C[C@@H](C[C@H](N)[C@@H](O)C[C@H](C(=O)NCC(C)(C)Cn2cc(CO)nn2)C(C)C)C(C)C)ccc1OC.Cl. The van der Waals surface area contributed by atoms with Crippen molar-refractivity contribution in [1.29, 1.82) is 0 Å². The molecule has 5 N–H and O–H groups in total. The first-order valence-corrected chi connectivity index (χ1v) is 15.8. The fourth-order valence-electron chi connectivity index (χ4n) is 5.30. The Morgan fingerprint density at radius 3 is 2.38 bits per heavy atom. The number of carbonyl (C=O) groups is 1. The summed E-state index contributed by atoms with van der Waals surface area (Å²) in [4.78, 5) is 13.3. The number of aliphatic hydroxyl groups is 2. The van der Waals surface area contributed by atoms with Gasteiger partial charge in [-0.25, -0.2) is 0 Å². The summed E-state index contributed by atoms with van der Waals surface area (Å²) in [6.07, 6.45) is 3.38. The van der Waals surface area contributed by atoms with Gasteiger partial charge in [-0.15, -0.1) is 17.5 Å². The van der Waals surface area contributed by atoms with Crippen LogP contribution in [0.2, 0.25) is 0 Å². The number of carbonyl (C=O) groups excluding carboxylic acids is 1. The molecule has 0 aliphatic heterocycles. The van der Waals surface area contributed by atoms with Crippen LogP contribution < -0.4 is 20.5 Å². The molecule has 0 aliphatic rings. The van der Waals surface area contributed by atoms with E-state index >= 15 is 0 Å². The quantitative estimate of drug-likeness (QED) is 0.146. The first kappa shape index (κ1) is 40.6. The predicted octanol–water partition coefficient (Wildman–Crippen LogP) is 4.01. The van der Waals surface area contributed by atoms with Gasteiger partial charge >= 0.3 is 0 Å². The molecular formula is C33H58ClN5O6. The van der Waals surface area contributed by atoms with Gasteiger partial charge in [0.25, 0.3) is 0 Å². The van der Waals surface area contributed by atoms with Gasteiger partial charge in [-0.1, -0.05) is 52.8 Å². The van der Waals surface area contributed by atoms with Crippen molar-refractivity contribution in [2.75, 3.05) is 34.0 Å². The summed E-state index contributed by atoms with van der Waals surface area (Å²) in [5, 5.41) is 31.5. The molecule has 0 saturated heterocycles. The molecule has 4 atom stereocenters. The summed E-state index contributed by atoms with van der Waals surface area (Å²) in [5.74, 6) is 1.52. The second kappa shape index (κ2) is 19.9. The summed E-state index contributed by atoms with van der Waals surface area (Å²) in [7, 11) is 3.31. The summed E-state index contributed by atoms with van der Waals surface area (Å²) >= 11 is 0. The highest BCUT2D eigenvalue weighted by Crippen LogP contribution is 2.32. The molecule has 2 rings (SSSR count). The van der Waals surface area contributed by atoms with Crippen LogP contribution in [-0.2, 0) is 29.1 Å². The van der Waals surface area contributed by atoms with Crippen LogP contribution in [0.15, 0.2) is 24.4 Å². The number of amides is 1. The number of nitrogens with two attached hydrogens (primary N) is 1. The average Bonchev–Trinajstić information content (AvgIpc) is 3.43. The largest absolute Gasteiger partial charge is 0.493 e. The van der Waals surface area contributed by atoms with Gasteiger partial charge in [-0.3, -0.25) is 9.48 Å². The van der Waals surface area contributed by atoms with Gasteiger partial charge in [0, 0.05) is 50.6 Å². The van der Waals surface area contributed by atoms with Crippen molar-refractivity contribution >= 4 is 18.3 Å². The first-order chi connectivity index (χ1) is 20.8. The minimum absolute atomic E-state index is 0. The van der Waals surface area contributed by atoms with Crippen LogP contribution >= 0.6 is 12.4 Å². The minimum atomic E-state index is -0.815. The second-order valence-corrected chi connectivity index (χ2v) is 13.4. The topological polar surface area (TPSA) is 154 Å². The third kappa shape index (κ3) is 13.8. The Balaban J connectivity index is 0.0000101. The van der Waals surface area contributed by atoms with E-state index < -0.39 is 12.1 Å². The van der Waals surface area contributed by atoms with Crippen molar-refractivity contribution in [3.63, 3.8) is 0 Å². The van der Waals surface area contributed by atoms with Crippen molar-refractivity contribution in [2.24, 2.45) is 34.8 Å². The predicted molar refractivity (Wildman–Crippen MR) is 179 cm³/mol. The minimum Gasteiger partial charge on any atom is -0.493 e. The number of aromatic nitrogens is 3. The molecule has 0 aliphatic carbocycles. The zero-order valence-corrected chi connectivity index (χ0v) is 29.3. The van der Waals surface area contributed by atoms with Crippen molar-refractivity contribution in [2.45, 2.75) is 92.5 Å². The number of ether oxygens (including phenoxy) is 3. The molecule has 258 valence electrons. The fourth-order valence-corrected chi connectivity index (χ4v) is 5.30. The van der Waals surface area contributed by atoms with E-state index in [9.17, 15) is 15.0 Å². The third-order valence-corrected chi connectivity index (χ3v) is 8.20. The van der Waals surface area contributed by atoms with Gasteiger partial charge in [-0.2, -0.15) is 0 Å². The fraction of sp³-hybridized carbons (Fsp3) is 0.727. The lowest BCUT2D eigenvalue weighted by atomic mass is 9.80. The Labute approximate surface area is 276 Å². The van der Waals surface area contributed by atoms with Crippen molar-refractivity contribution in [1.82, 2.24) is 20.3 Å². The standard InChI is InChI=1S/C33H57N5O6.ClH/c1-22(2)25(14-24-10-11-30(43-8)31(15-24)44-13-9-12-42-7)16-28(34)29(40)17-27(23(3)4)32(41)35-20-33(5,6)21-38-18-26(19-39)36-37-38;/h10-11,15,18,22-23,25,27-29,39-40H,9,12-14,16-17,19-21,34H2,1-8H3,(H,35,41);1H/t25-,27-,28-,29-;/m0./s1. The number of hydrogen-bond donors (Lipinski definition) is 4. The van der Waals surface area contributed by atoms with Crippen LogP contribution in [0.3, 0.4) is 0 Å². The lowest BCUT2D eigenvalue weighted by molar-refractivity contribution is -0.128. The zero-order chi connectivity index (χ0) is 32.9. The number of rotatable bonds is 21. The number of nitrogens with one attached hydrogen (secondary N) is 1. The van der Waals surface area contributed by atoms with Crippen molar-refractivity contribution in [3.05, 3.63) is 35.7 Å². The molecule has 1 aromatic heterocycles. The van der Waals surface area contributed by atoms with Crippen LogP contribution in [0.4, 0.5) is 0 Å². The molecule has 11 nitrogen and oxygen atoms in total. The van der Waals surface area contributed by atoms with Gasteiger partial charge in [0.05, 0.1) is 32.6 Å². The van der Waals surface area contributed by atoms with E-state index in [1.165, 1.54) is 0 Å². The molecule has 45 heavy (non-hydrogen) atoms. The normalized spacial score (nSPS) is 14.5. The van der Waals surface area contributed by atoms with E-state index in [4.69, 9.17) is 19.9 Å². The van der Waals surface area contributed by atoms with Crippen LogP contribution in [0.25, 0.3) is 0 Å². The van der Waals surface area contributed by atoms with Crippen LogP contribution in [-0.4, -0.2) is 77.2 Å². The molecule has 2 aromatic rings. The van der Waals surface area contributed by atoms with E-state index in [-0.39, 0.29) is 48.1 Å². The Bertz CT molecular complexity index is 1130. The van der Waals surface area contributed by atoms with Gasteiger partial charge < -0.3 is 35.5 Å². The highest BCUT2D eigenvalue weighted by Gasteiger charge is 2.31. The lowest BCUT2D eigenvalue weighted by Gasteiger charge is -2.31. The number of halogens is 1. The Morgan fingerprint density at radius 2 is 1.80 bits per heavy atom. The molecular weight excluding hydrogens is 598 g/mol. The summed E-state index contributed by atoms with van der Waals surface area (Å²) in [6, 6.07) is 5.54. The van der Waals surface area contributed by atoms with Gasteiger partial charge in [0.2, 0.25) is 5.91 Å². The highest BCUT2D eigenvalue weighted by molar-refractivity contribution is 5.85. The molecule has 0 fully saturated rings. The van der Waals surface area contributed by atoms with Crippen molar-refractivity contribution < 1.29 is 29.2 Å². The van der Waals surface area contributed by atoms with Crippen LogP contribution in [0, 0.1) is 29.1 Å². The molecule has 12 heteroatoms. The number of hydrogen-bond acceptors (Lipinski definition) is 9. The monoisotopic (exact) mass is 655 g/mol. The maximum absolute atomic E-state index is 13.3. The molecule has 1 heterocycles. The second-order valence-electron chi connectivity index (χ2n) is 13.4. The third-order valence-electron chi connectivity index (χ3n) is 8.20. The maximum Gasteiger partial charge on any atom is 0.223 e. The van der Waals surface area contributed by atoms with E-state index in [1.54, 1.807) is 25.1 Å². The summed E-state index contributed by atoms with van der Waals surface area (Å²) < 4.78 is 18.3. The highest BCUT2D eigenvalue weighted by atomic mass is 35.5. The van der Waals surface area contributed by atoms with Crippen LogP contribution in [0.5, 0.6) is 11.5 Å². The number of aliphatic hydroxyl groups excluding tert-OH is 2. The Hall–Kier alpha value is -2.44. The molecule has 1 amide bonds. The Morgan fingerprint density at radius 1 is 1.09 bits per heavy atom. The number of benzene rings is 1. The molecule has 0 radical (unpaired) electrons. The number of nitrogens with zero attached hydrogens (tertiary/aromatic N) is 3. The Kier molecular flexibility index (Phi) is 18.0. The van der Waals surface area contributed by atoms with E-state index in [2.05, 4.69) is 29.5 Å². The van der Waals surface area contributed by atoms with Crippen LogP contribution in [0.1, 0.15) is 72.1 Å². The molecule has 0 saturated carbocycles.